The van der Waals surface area contributed by atoms with E-state index < -0.39 is 89.9 Å². The van der Waals surface area contributed by atoms with Gasteiger partial charge in [0.05, 0.1) is 44.7 Å². The molecule has 4 amide bonds. The highest BCUT2D eigenvalue weighted by atomic mass is 16.7. The minimum Gasteiger partial charge on any atom is -0.479 e. The summed E-state index contributed by atoms with van der Waals surface area (Å²) in [4.78, 5) is 86.0. The number of likely N-dealkylation sites (N-methyl/N-ethyl adjacent to an activating group) is 2. The molecular weight excluding hydrogens is 867 g/mol. The SMILES string of the molecule is C/C(=C\CN(C)C(=O)C(NC(=O)C(N(C)C(=O)OCc1ccc(OC2CC(O)[C@H](O)C(C(=O)O)O2)c(C(=O)NCCOCCOCCON)c1)C(C)(C)c1ccccc1)C(C)(C)C)C(=O)O. The van der Waals surface area contributed by atoms with E-state index in [-0.39, 0.29) is 69.4 Å². The van der Waals surface area contributed by atoms with Crippen molar-refractivity contribution in [2.45, 2.75) is 96.7 Å². The maximum atomic E-state index is 14.6. The largest absolute Gasteiger partial charge is 0.479 e. The molecule has 21 nitrogen and oxygen atoms in total. The molecule has 0 saturated carbocycles. The number of nitrogens with two attached hydrogens (primary N) is 1. The lowest BCUT2D eigenvalue weighted by Gasteiger charge is -2.41. The topological polar surface area (TPSA) is 295 Å². The van der Waals surface area contributed by atoms with E-state index in [9.17, 15) is 49.2 Å². The third-order valence-corrected chi connectivity index (χ3v) is 10.7. The summed E-state index contributed by atoms with van der Waals surface area (Å²) < 4.78 is 27.8. The highest BCUT2D eigenvalue weighted by molar-refractivity contribution is 5.97. The summed E-state index contributed by atoms with van der Waals surface area (Å²) >= 11 is 0. The summed E-state index contributed by atoms with van der Waals surface area (Å²) in [5.41, 5.74) is -0.973. The molecule has 0 aromatic heterocycles. The van der Waals surface area contributed by atoms with Crippen molar-refractivity contribution < 1.29 is 77.7 Å². The van der Waals surface area contributed by atoms with Crippen LogP contribution in [-0.4, -0.2) is 163 Å². The fraction of sp³-hybridized carbons (Fsp3) is 0.556. The van der Waals surface area contributed by atoms with E-state index in [2.05, 4.69) is 15.5 Å². The van der Waals surface area contributed by atoms with Gasteiger partial charge in [-0.3, -0.25) is 19.3 Å². The summed E-state index contributed by atoms with van der Waals surface area (Å²) in [6, 6.07) is 10.8. The van der Waals surface area contributed by atoms with Crippen LogP contribution in [-0.2, 0) is 55.0 Å². The van der Waals surface area contributed by atoms with Gasteiger partial charge >= 0.3 is 18.0 Å². The Hall–Kier alpha value is -5.68. The van der Waals surface area contributed by atoms with Gasteiger partial charge in [-0.25, -0.2) is 20.3 Å². The van der Waals surface area contributed by atoms with Crippen molar-refractivity contribution >= 4 is 35.8 Å². The molecule has 3 rings (SSSR count). The molecule has 1 heterocycles. The number of aliphatic hydroxyl groups excluding tert-OH is 2. The second kappa shape index (κ2) is 25.3. The van der Waals surface area contributed by atoms with Crippen molar-refractivity contribution in [3.63, 3.8) is 0 Å². The van der Waals surface area contributed by atoms with Crippen LogP contribution < -0.4 is 21.3 Å². The second-order valence-corrected chi connectivity index (χ2v) is 17.3. The standard InChI is InChI=1S/C45H65N5O16/c1-27(41(56)57)16-18-49(7)40(55)36(44(2,3)4)48-39(54)37(45(5,6)29-12-10-9-11-13-29)50(8)43(60)63-26-28-14-15-32(65-33-25-31(51)34(52)35(66-33)42(58)59)30(24-28)38(53)47-17-19-61-20-21-62-22-23-64-46/h9-16,24,31,33-37,51-52H,17-23,25-26,46H2,1-8H3,(H,47,53)(H,48,54)(H,56,57)(H,58,59)/b27-16+/t31?,33?,34-,35?,36?,37?/m0/s1. The lowest BCUT2D eigenvalue weighted by Crippen LogP contribution is -2.62. The van der Waals surface area contributed by atoms with Gasteiger partial charge in [0.25, 0.3) is 5.91 Å². The lowest BCUT2D eigenvalue weighted by atomic mass is 9.76. The van der Waals surface area contributed by atoms with Crippen LogP contribution in [0.2, 0.25) is 0 Å². The molecule has 8 N–H and O–H groups in total. The molecule has 0 spiro atoms. The molecule has 5 unspecified atom stereocenters. The van der Waals surface area contributed by atoms with Gasteiger partial charge in [0.15, 0.2) is 6.10 Å². The number of nitrogens with one attached hydrogen (secondary N) is 2. The molecule has 0 radical (unpaired) electrons. The molecule has 1 fully saturated rings. The van der Waals surface area contributed by atoms with Gasteiger partial charge in [-0.2, -0.15) is 0 Å². The van der Waals surface area contributed by atoms with Gasteiger partial charge < -0.3 is 64.5 Å². The van der Waals surface area contributed by atoms with Crippen LogP contribution in [0.3, 0.4) is 0 Å². The Kier molecular flexibility index (Phi) is 20.9. The van der Waals surface area contributed by atoms with Gasteiger partial charge in [-0.15, -0.1) is 0 Å². The minimum absolute atomic E-state index is 0.0365. The Morgan fingerprint density at radius 3 is 2.17 bits per heavy atom. The molecule has 66 heavy (non-hydrogen) atoms. The number of aliphatic hydroxyl groups is 2. The first kappa shape index (κ1) is 54.7. The van der Waals surface area contributed by atoms with Crippen molar-refractivity contribution in [1.82, 2.24) is 20.4 Å². The average Bonchev–Trinajstić information content (AvgIpc) is 3.26. The van der Waals surface area contributed by atoms with Crippen LogP contribution in [0.4, 0.5) is 4.79 Å². The number of hydrogen-bond donors (Lipinski definition) is 7. The molecule has 1 aliphatic heterocycles. The molecule has 2 aromatic rings. The zero-order valence-electron chi connectivity index (χ0n) is 38.7. The fourth-order valence-electron chi connectivity index (χ4n) is 6.87. The van der Waals surface area contributed by atoms with Crippen LogP contribution >= 0.6 is 0 Å². The van der Waals surface area contributed by atoms with Crippen molar-refractivity contribution in [3.8, 4) is 5.75 Å². The summed E-state index contributed by atoms with van der Waals surface area (Å²) in [6.07, 6.45) is -6.32. The molecular formula is C45H65N5O16. The van der Waals surface area contributed by atoms with Gasteiger partial charge in [0.2, 0.25) is 18.1 Å². The fourth-order valence-corrected chi connectivity index (χ4v) is 6.87. The van der Waals surface area contributed by atoms with E-state index in [4.69, 9.17) is 29.6 Å². The number of hydrogen-bond acceptors (Lipinski definition) is 15. The number of ether oxygens (including phenoxy) is 5. The molecule has 1 aliphatic rings. The van der Waals surface area contributed by atoms with Crippen LogP contribution in [0, 0.1) is 5.41 Å². The van der Waals surface area contributed by atoms with Crippen molar-refractivity contribution in [3.05, 3.63) is 76.9 Å². The van der Waals surface area contributed by atoms with Crippen LogP contribution in [0.15, 0.2) is 60.2 Å². The van der Waals surface area contributed by atoms with Gasteiger partial charge in [0, 0.05) is 44.6 Å². The first-order valence-electron chi connectivity index (χ1n) is 21.2. The molecule has 0 aliphatic carbocycles. The minimum atomic E-state index is -1.81. The van der Waals surface area contributed by atoms with E-state index in [1.54, 1.807) is 65.0 Å². The highest BCUT2D eigenvalue weighted by Crippen LogP contribution is 2.33. The van der Waals surface area contributed by atoms with Crippen LogP contribution in [0.25, 0.3) is 0 Å². The zero-order chi connectivity index (χ0) is 49.4. The molecule has 6 atom stereocenters. The summed E-state index contributed by atoms with van der Waals surface area (Å²) in [7, 11) is 2.88. The van der Waals surface area contributed by atoms with E-state index in [0.29, 0.717) is 11.1 Å². The zero-order valence-corrected chi connectivity index (χ0v) is 38.7. The molecule has 366 valence electrons. The number of carbonyl (C=O) groups is 6. The number of carbonyl (C=O) groups excluding carboxylic acids is 4. The number of carboxylic acids is 2. The lowest BCUT2D eigenvalue weighted by molar-refractivity contribution is -0.228. The summed E-state index contributed by atoms with van der Waals surface area (Å²) in [5, 5.41) is 44.9. The third kappa shape index (κ3) is 15.7. The number of rotatable bonds is 24. The Labute approximate surface area is 384 Å². The Bertz CT molecular complexity index is 1990. The van der Waals surface area contributed by atoms with Gasteiger partial charge in [-0.1, -0.05) is 77.1 Å². The van der Waals surface area contributed by atoms with Crippen molar-refractivity contribution in [2.75, 3.05) is 60.2 Å². The number of nitrogens with zero attached hydrogens (tertiary/aromatic N) is 2. The second-order valence-electron chi connectivity index (χ2n) is 17.3. The highest BCUT2D eigenvalue weighted by Gasteiger charge is 2.45. The van der Waals surface area contributed by atoms with Crippen molar-refractivity contribution in [2.24, 2.45) is 11.3 Å². The van der Waals surface area contributed by atoms with Gasteiger partial charge in [0.1, 0.15) is 30.5 Å². The summed E-state index contributed by atoms with van der Waals surface area (Å²) in [5.74, 6) is 0.389. The van der Waals surface area contributed by atoms with E-state index in [1.807, 2.05) is 0 Å². The summed E-state index contributed by atoms with van der Waals surface area (Å²) in [6.45, 7) is 10.9. The number of aliphatic carboxylic acids is 2. The third-order valence-electron chi connectivity index (χ3n) is 10.7. The predicted octanol–water partition coefficient (Wildman–Crippen LogP) is 1.58. The average molecular weight is 932 g/mol. The monoisotopic (exact) mass is 931 g/mol. The van der Waals surface area contributed by atoms with Crippen molar-refractivity contribution in [1.29, 1.82) is 0 Å². The smallest absolute Gasteiger partial charge is 0.410 e. The van der Waals surface area contributed by atoms with E-state index in [0.717, 1.165) is 4.90 Å². The predicted molar refractivity (Wildman–Crippen MR) is 236 cm³/mol. The Morgan fingerprint density at radius 1 is 0.924 bits per heavy atom. The molecule has 21 heteroatoms. The maximum absolute atomic E-state index is 14.6. The molecule has 2 aromatic carbocycles. The number of amides is 4. The maximum Gasteiger partial charge on any atom is 0.410 e. The molecule has 1 saturated heterocycles. The van der Waals surface area contributed by atoms with Crippen LogP contribution in [0.5, 0.6) is 5.75 Å². The number of carboxylic acid groups (broad SMARTS) is 2. The van der Waals surface area contributed by atoms with E-state index in [1.165, 1.54) is 50.2 Å². The quantitative estimate of drug-likeness (QED) is 0.0447. The first-order valence-corrected chi connectivity index (χ1v) is 21.2. The van der Waals surface area contributed by atoms with E-state index >= 15 is 0 Å². The van der Waals surface area contributed by atoms with Gasteiger partial charge in [-0.05, 0) is 35.6 Å². The first-order chi connectivity index (χ1) is 31.0. The Morgan fingerprint density at radius 2 is 1.56 bits per heavy atom. The number of benzene rings is 2. The van der Waals surface area contributed by atoms with Crippen LogP contribution in [0.1, 0.15) is 69.4 Å². The molecule has 0 bridgehead atoms. The Balaban J connectivity index is 1.89. The normalized spacial score (nSPS) is 18.6.